The van der Waals surface area contributed by atoms with Crippen LogP contribution in [0.15, 0.2) is 30.3 Å². The standard InChI is InChI=1S/C19H27N3O3/c1-2-3-10-20-17(23)9-11-21-18(24)14-22-13-16(12-19(22)25)15-7-5-4-6-8-15/h4-8,16H,2-3,9-14H2,1H3,(H,20,23)(H,21,24)/t16-/m1/s1. The van der Waals surface area contributed by atoms with E-state index in [1.165, 1.54) is 0 Å². The Morgan fingerprint density at radius 1 is 1.12 bits per heavy atom. The predicted octanol–water partition coefficient (Wildman–Crippen LogP) is 1.43. The van der Waals surface area contributed by atoms with Crippen LogP contribution in [0.4, 0.5) is 0 Å². The molecule has 2 rings (SSSR count). The third-order valence-corrected chi connectivity index (χ3v) is 4.35. The minimum Gasteiger partial charge on any atom is -0.356 e. The molecule has 1 aliphatic rings. The van der Waals surface area contributed by atoms with Gasteiger partial charge in [0.2, 0.25) is 17.7 Å². The fourth-order valence-electron chi connectivity index (χ4n) is 2.91. The average Bonchev–Trinajstić information content (AvgIpc) is 2.96. The zero-order chi connectivity index (χ0) is 18.1. The predicted molar refractivity (Wildman–Crippen MR) is 95.9 cm³/mol. The van der Waals surface area contributed by atoms with Gasteiger partial charge in [0.05, 0.1) is 6.54 Å². The molecule has 0 spiro atoms. The Balaban J connectivity index is 1.68. The third kappa shape index (κ3) is 6.21. The second-order valence-corrected chi connectivity index (χ2v) is 6.39. The summed E-state index contributed by atoms with van der Waals surface area (Å²) in [6, 6.07) is 9.89. The number of benzene rings is 1. The number of carbonyl (C=O) groups excluding carboxylic acids is 3. The van der Waals surface area contributed by atoms with Crippen LogP contribution in [0, 0.1) is 0 Å². The van der Waals surface area contributed by atoms with Gasteiger partial charge in [0, 0.05) is 38.4 Å². The van der Waals surface area contributed by atoms with Crippen molar-refractivity contribution in [2.75, 3.05) is 26.2 Å². The number of unbranched alkanes of at least 4 members (excludes halogenated alkanes) is 1. The third-order valence-electron chi connectivity index (χ3n) is 4.35. The van der Waals surface area contributed by atoms with E-state index in [1.54, 1.807) is 4.90 Å². The van der Waals surface area contributed by atoms with E-state index >= 15 is 0 Å². The molecule has 1 saturated heterocycles. The van der Waals surface area contributed by atoms with Crippen LogP contribution in [0.1, 0.15) is 44.1 Å². The maximum absolute atomic E-state index is 12.1. The van der Waals surface area contributed by atoms with Gasteiger partial charge in [0.1, 0.15) is 0 Å². The van der Waals surface area contributed by atoms with Gasteiger partial charge in [-0.1, -0.05) is 43.7 Å². The monoisotopic (exact) mass is 345 g/mol. The Labute approximate surface area is 149 Å². The summed E-state index contributed by atoms with van der Waals surface area (Å²) in [5.74, 6) is -0.134. The summed E-state index contributed by atoms with van der Waals surface area (Å²) in [4.78, 5) is 37.3. The summed E-state index contributed by atoms with van der Waals surface area (Å²) in [5.41, 5.74) is 1.13. The maximum Gasteiger partial charge on any atom is 0.239 e. The molecule has 25 heavy (non-hydrogen) atoms. The quantitative estimate of drug-likeness (QED) is 0.665. The van der Waals surface area contributed by atoms with Crippen LogP contribution in [-0.2, 0) is 14.4 Å². The molecule has 1 fully saturated rings. The van der Waals surface area contributed by atoms with Crippen LogP contribution in [0.2, 0.25) is 0 Å². The highest BCUT2D eigenvalue weighted by molar-refractivity contribution is 5.87. The van der Waals surface area contributed by atoms with E-state index in [4.69, 9.17) is 0 Å². The van der Waals surface area contributed by atoms with Crippen LogP contribution < -0.4 is 10.6 Å². The molecule has 1 aromatic rings. The molecule has 1 aromatic carbocycles. The lowest BCUT2D eigenvalue weighted by atomic mass is 9.99. The Hall–Kier alpha value is -2.37. The molecule has 1 atom stereocenters. The summed E-state index contributed by atoms with van der Waals surface area (Å²) in [6.45, 7) is 3.65. The molecule has 1 heterocycles. The van der Waals surface area contributed by atoms with Gasteiger partial charge < -0.3 is 15.5 Å². The number of carbonyl (C=O) groups is 3. The second-order valence-electron chi connectivity index (χ2n) is 6.39. The Morgan fingerprint density at radius 2 is 1.84 bits per heavy atom. The van der Waals surface area contributed by atoms with Crippen molar-refractivity contribution in [1.29, 1.82) is 0 Å². The highest BCUT2D eigenvalue weighted by Gasteiger charge is 2.31. The molecular weight excluding hydrogens is 318 g/mol. The van der Waals surface area contributed by atoms with Gasteiger partial charge in [0.15, 0.2) is 0 Å². The highest BCUT2D eigenvalue weighted by Crippen LogP contribution is 2.27. The van der Waals surface area contributed by atoms with Gasteiger partial charge in [-0.25, -0.2) is 0 Å². The molecule has 0 aromatic heterocycles. The van der Waals surface area contributed by atoms with Gasteiger partial charge in [-0.3, -0.25) is 14.4 Å². The first-order valence-corrected chi connectivity index (χ1v) is 8.96. The van der Waals surface area contributed by atoms with E-state index in [1.807, 2.05) is 30.3 Å². The number of nitrogens with one attached hydrogen (secondary N) is 2. The highest BCUT2D eigenvalue weighted by atomic mass is 16.2. The van der Waals surface area contributed by atoms with Gasteiger partial charge in [0.25, 0.3) is 0 Å². The molecule has 136 valence electrons. The lowest BCUT2D eigenvalue weighted by molar-refractivity contribution is -0.133. The molecule has 0 unspecified atom stereocenters. The molecule has 3 amide bonds. The van der Waals surface area contributed by atoms with E-state index in [0.29, 0.717) is 26.1 Å². The first kappa shape index (κ1) is 19.0. The summed E-state index contributed by atoms with van der Waals surface area (Å²) in [7, 11) is 0. The first-order valence-electron chi connectivity index (χ1n) is 8.96. The fraction of sp³-hybridized carbons (Fsp3) is 0.526. The van der Waals surface area contributed by atoms with Crippen molar-refractivity contribution in [1.82, 2.24) is 15.5 Å². The lowest BCUT2D eigenvalue weighted by Gasteiger charge is -2.16. The zero-order valence-electron chi connectivity index (χ0n) is 14.8. The van der Waals surface area contributed by atoms with Crippen LogP contribution in [-0.4, -0.2) is 48.8 Å². The van der Waals surface area contributed by atoms with Crippen LogP contribution >= 0.6 is 0 Å². The SMILES string of the molecule is CCCCNC(=O)CCNC(=O)CN1C[C@H](c2ccccc2)CC1=O. The van der Waals surface area contributed by atoms with Crippen molar-refractivity contribution >= 4 is 17.7 Å². The molecule has 0 aliphatic carbocycles. The number of amides is 3. The van der Waals surface area contributed by atoms with Crippen molar-refractivity contribution in [3.8, 4) is 0 Å². The minimum absolute atomic E-state index is 0.00121. The van der Waals surface area contributed by atoms with E-state index in [9.17, 15) is 14.4 Å². The number of likely N-dealkylation sites (tertiary alicyclic amines) is 1. The van der Waals surface area contributed by atoms with E-state index in [-0.39, 0.29) is 36.6 Å². The second kappa shape index (κ2) is 9.81. The Morgan fingerprint density at radius 3 is 2.56 bits per heavy atom. The Bertz CT molecular complexity index is 589. The normalized spacial score (nSPS) is 16.8. The first-order chi connectivity index (χ1) is 12.1. The van der Waals surface area contributed by atoms with Crippen LogP contribution in [0.25, 0.3) is 0 Å². The molecule has 1 aliphatic heterocycles. The maximum atomic E-state index is 12.1. The minimum atomic E-state index is -0.219. The summed E-state index contributed by atoms with van der Waals surface area (Å²) >= 11 is 0. The fourth-order valence-corrected chi connectivity index (χ4v) is 2.91. The number of nitrogens with zero attached hydrogens (tertiary/aromatic N) is 1. The zero-order valence-corrected chi connectivity index (χ0v) is 14.8. The number of hydrogen-bond acceptors (Lipinski definition) is 3. The van der Waals surface area contributed by atoms with Crippen molar-refractivity contribution < 1.29 is 14.4 Å². The van der Waals surface area contributed by atoms with Crippen molar-refractivity contribution in [3.63, 3.8) is 0 Å². The van der Waals surface area contributed by atoms with Gasteiger partial charge >= 0.3 is 0 Å². The van der Waals surface area contributed by atoms with Crippen molar-refractivity contribution in [2.24, 2.45) is 0 Å². The average molecular weight is 345 g/mol. The van der Waals surface area contributed by atoms with Crippen molar-refractivity contribution in [2.45, 2.75) is 38.5 Å². The van der Waals surface area contributed by atoms with Crippen LogP contribution in [0.3, 0.4) is 0 Å². The van der Waals surface area contributed by atoms with E-state index in [0.717, 1.165) is 18.4 Å². The van der Waals surface area contributed by atoms with Gasteiger partial charge in [-0.05, 0) is 12.0 Å². The molecule has 0 saturated carbocycles. The topological polar surface area (TPSA) is 78.5 Å². The molecule has 0 radical (unpaired) electrons. The number of hydrogen-bond donors (Lipinski definition) is 2. The van der Waals surface area contributed by atoms with Crippen LogP contribution in [0.5, 0.6) is 0 Å². The number of rotatable bonds is 9. The molecule has 0 bridgehead atoms. The molecular formula is C19H27N3O3. The summed E-state index contributed by atoms with van der Waals surface area (Å²) in [5, 5.41) is 5.52. The molecule has 6 nitrogen and oxygen atoms in total. The Kier molecular flexibility index (Phi) is 7.44. The summed E-state index contributed by atoms with van der Waals surface area (Å²) in [6.07, 6.45) is 2.69. The molecule has 2 N–H and O–H groups in total. The molecule has 6 heteroatoms. The lowest BCUT2D eigenvalue weighted by Crippen LogP contribution is -2.39. The summed E-state index contributed by atoms with van der Waals surface area (Å²) < 4.78 is 0. The van der Waals surface area contributed by atoms with Gasteiger partial charge in [-0.15, -0.1) is 0 Å². The largest absolute Gasteiger partial charge is 0.356 e. The van der Waals surface area contributed by atoms with E-state index in [2.05, 4.69) is 17.6 Å². The van der Waals surface area contributed by atoms with Crippen molar-refractivity contribution in [3.05, 3.63) is 35.9 Å². The smallest absolute Gasteiger partial charge is 0.239 e. The van der Waals surface area contributed by atoms with E-state index < -0.39 is 0 Å². The van der Waals surface area contributed by atoms with Gasteiger partial charge in [-0.2, -0.15) is 0 Å².